The van der Waals surface area contributed by atoms with Gasteiger partial charge in [-0.1, -0.05) is 63.6 Å². The summed E-state index contributed by atoms with van der Waals surface area (Å²) in [6.45, 7) is 15.4. The predicted molar refractivity (Wildman–Crippen MR) is 118 cm³/mol. The van der Waals surface area contributed by atoms with Gasteiger partial charge in [-0.2, -0.15) is 0 Å². The summed E-state index contributed by atoms with van der Waals surface area (Å²) in [7, 11) is 0. The molecular weight excluding hydrogens is 364 g/mol. The molecule has 29 heavy (non-hydrogen) atoms. The number of carbonyl (C=O) groups excluding carboxylic acids is 2. The minimum atomic E-state index is -0.438. The molecule has 2 rings (SSSR count). The standard InChI is InChI=1S/C25H32O4/c1-15(2)13-16(3)14-25(7,8)22-17(4)23(28-18(5)26)20-11-9-10-12-21(20)24(22)29-19(6)27/h9-12,14-15H,13H2,1-8H3/b16-14+. The van der Waals surface area contributed by atoms with Gasteiger partial charge in [0.15, 0.2) is 0 Å². The molecule has 0 aliphatic rings. The molecule has 0 saturated carbocycles. The van der Waals surface area contributed by atoms with Crippen molar-refractivity contribution >= 4 is 22.7 Å². The van der Waals surface area contributed by atoms with Gasteiger partial charge in [0.2, 0.25) is 0 Å². The van der Waals surface area contributed by atoms with E-state index in [0.29, 0.717) is 17.4 Å². The first-order valence-electron chi connectivity index (χ1n) is 10.0. The van der Waals surface area contributed by atoms with E-state index in [1.165, 1.54) is 19.4 Å². The lowest BCUT2D eigenvalue weighted by molar-refractivity contribution is -0.133. The Kier molecular flexibility index (Phi) is 6.89. The van der Waals surface area contributed by atoms with Crippen molar-refractivity contribution in [3.63, 3.8) is 0 Å². The largest absolute Gasteiger partial charge is 0.426 e. The van der Waals surface area contributed by atoms with Crippen LogP contribution >= 0.6 is 0 Å². The second-order valence-corrected chi connectivity index (χ2v) is 8.70. The highest BCUT2D eigenvalue weighted by molar-refractivity contribution is 5.99. The van der Waals surface area contributed by atoms with Crippen LogP contribution in [-0.4, -0.2) is 11.9 Å². The summed E-state index contributed by atoms with van der Waals surface area (Å²) in [5.41, 5.74) is 2.48. The molecule has 0 amide bonds. The summed E-state index contributed by atoms with van der Waals surface area (Å²) >= 11 is 0. The van der Waals surface area contributed by atoms with Crippen LogP contribution in [0.15, 0.2) is 35.9 Å². The van der Waals surface area contributed by atoms with Gasteiger partial charge in [0.05, 0.1) is 0 Å². The van der Waals surface area contributed by atoms with Gasteiger partial charge in [-0.3, -0.25) is 9.59 Å². The van der Waals surface area contributed by atoms with Crippen LogP contribution in [0.4, 0.5) is 0 Å². The molecule has 0 spiro atoms. The molecule has 0 aliphatic carbocycles. The molecule has 0 aliphatic heterocycles. The van der Waals surface area contributed by atoms with Gasteiger partial charge in [-0.15, -0.1) is 0 Å². The Hall–Kier alpha value is -2.62. The second-order valence-electron chi connectivity index (χ2n) is 8.70. The SMILES string of the molecule is CC(=O)Oc1c(C)c(C(C)(C)/C=C(\C)CC(C)C)c(OC(C)=O)c2ccccc12. The molecule has 0 aromatic heterocycles. The smallest absolute Gasteiger partial charge is 0.308 e. The molecule has 4 heteroatoms. The zero-order chi connectivity index (χ0) is 21.9. The average Bonchev–Trinajstić information content (AvgIpc) is 2.56. The number of carbonyl (C=O) groups is 2. The number of ether oxygens (including phenoxy) is 2. The summed E-state index contributed by atoms with van der Waals surface area (Å²) in [6, 6.07) is 7.54. The molecule has 0 radical (unpaired) electrons. The molecule has 0 N–H and O–H groups in total. The Balaban J connectivity index is 2.89. The number of benzene rings is 2. The average molecular weight is 397 g/mol. The van der Waals surface area contributed by atoms with Crippen LogP contribution in [0, 0.1) is 12.8 Å². The van der Waals surface area contributed by atoms with Crippen molar-refractivity contribution in [3.8, 4) is 11.5 Å². The van der Waals surface area contributed by atoms with Crippen molar-refractivity contribution in [3.05, 3.63) is 47.0 Å². The maximum Gasteiger partial charge on any atom is 0.308 e. The Morgan fingerprint density at radius 2 is 1.45 bits per heavy atom. The number of hydrogen-bond acceptors (Lipinski definition) is 4. The monoisotopic (exact) mass is 396 g/mol. The highest BCUT2D eigenvalue weighted by Gasteiger charge is 2.30. The number of hydrogen-bond donors (Lipinski definition) is 0. The highest BCUT2D eigenvalue weighted by atomic mass is 16.5. The van der Waals surface area contributed by atoms with Crippen LogP contribution in [-0.2, 0) is 15.0 Å². The topological polar surface area (TPSA) is 52.6 Å². The van der Waals surface area contributed by atoms with E-state index in [1.54, 1.807) is 0 Å². The predicted octanol–water partition coefficient (Wildman–Crippen LogP) is 6.27. The minimum Gasteiger partial charge on any atom is -0.426 e. The summed E-state index contributed by atoms with van der Waals surface area (Å²) in [4.78, 5) is 23.8. The Morgan fingerprint density at radius 1 is 0.966 bits per heavy atom. The van der Waals surface area contributed by atoms with Gasteiger partial charge >= 0.3 is 11.9 Å². The van der Waals surface area contributed by atoms with Crippen LogP contribution in [0.5, 0.6) is 11.5 Å². The van der Waals surface area contributed by atoms with Gasteiger partial charge in [0.1, 0.15) is 11.5 Å². The fourth-order valence-electron chi connectivity index (χ4n) is 4.19. The van der Waals surface area contributed by atoms with Crippen molar-refractivity contribution in [1.29, 1.82) is 0 Å². The number of rotatable bonds is 6. The summed E-state index contributed by atoms with van der Waals surface area (Å²) < 4.78 is 11.4. The van der Waals surface area contributed by atoms with Crippen molar-refractivity contribution in [1.82, 2.24) is 0 Å². The quantitative estimate of drug-likeness (QED) is 0.328. The van der Waals surface area contributed by atoms with Crippen LogP contribution in [0.1, 0.15) is 66.0 Å². The van der Waals surface area contributed by atoms with Gasteiger partial charge in [0, 0.05) is 41.2 Å². The lowest BCUT2D eigenvalue weighted by Gasteiger charge is -2.29. The Labute approximate surface area is 173 Å². The molecule has 0 unspecified atom stereocenters. The Bertz CT molecular complexity index is 964. The highest BCUT2D eigenvalue weighted by Crippen LogP contribution is 2.46. The number of esters is 2. The first-order valence-corrected chi connectivity index (χ1v) is 10.0. The maximum atomic E-state index is 12.0. The normalized spacial score (nSPS) is 12.4. The molecule has 0 heterocycles. The summed E-state index contributed by atoms with van der Waals surface area (Å²) in [5, 5.41) is 1.50. The van der Waals surface area contributed by atoms with Crippen molar-refractivity contribution in [2.75, 3.05) is 0 Å². The molecule has 0 saturated heterocycles. The summed E-state index contributed by atoms with van der Waals surface area (Å²) in [5.74, 6) is 0.829. The summed E-state index contributed by atoms with van der Waals surface area (Å²) in [6.07, 6.45) is 3.20. The molecule has 0 fully saturated rings. The van der Waals surface area contributed by atoms with Crippen molar-refractivity contribution in [2.45, 2.75) is 67.2 Å². The van der Waals surface area contributed by atoms with Gasteiger partial charge in [-0.05, 0) is 26.2 Å². The first-order chi connectivity index (χ1) is 13.4. The maximum absolute atomic E-state index is 12.0. The molecular formula is C25H32O4. The lowest BCUT2D eigenvalue weighted by Crippen LogP contribution is -2.20. The minimum absolute atomic E-state index is 0.380. The van der Waals surface area contributed by atoms with Crippen LogP contribution < -0.4 is 9.47 Å². The molecule has 0 atom stereocenters. The molecule has 4 nitrogen and oxygen atoms in total. The zero-order valence-electron chi connectivity index (χ0n) is 18.8. The molecule has 0 bridgehead atoms. The van der Waals surface area contributed by atoms with Crippen molar-refractivity contribution < 1.29 is 19.1 Å². The Morgan fingerprint density at radius 3 is 1.93 bits per heavy atom. The third-order valence-corrected chi connectivity index (χ3v) is 4.83. The third kappa shape index (κ3) is 5.26. The first kappa shape index (κ1) is 22.7. The van der Waals surface area contributed by atoms with Gasteiger partial charge in [0.25, 0.3) is 0 Å². The van der Waals surface area contributed by atoms with Crippen LogP contribution in [0.3, 0.4) is 0 Å². The van der Waals surface area contributed by atoms with E-state index in [2.05, 4.69) is 40.7 Å². The van der Waals surface area contributed by atoms with E-state index < -0.39 is 5.41 Å². The molecule has 156 valence electrons. The van der Waals surface area contributed by atoms with Crippen molar-refractivity contribution in [2.24, 2.45) is 5.92 Å². The fourth-order valence-corrected chi connectivity index (χ4v) is 4.19. The van der Waals surface area contributed by atoms with E-state index in [4.69, 9.17) is 9.47 Å². The fraction of sp³-hybridized carbons (Fsp3) is 0.440. The van der Waals surface area contributed by atoms with Gasteiger partial charge < -0.3 is 9.47 Å². The number of fused-ring (bicyclic) bond motifs is 1. The van der Waals surface area contributed by atoms with E-state index >= 15 is 0 Å². The molecule has 2 aromatic rings. The third-order valence-electron chi connectivity index (χ3n) is 4.83. The second kappa shape index (κ2) is 8.81. The van der Waals surface area contributed by atoms with Crippen LogP contribution in [0.25, 0.3) is 10.8 Å². The van der Waals surface area contributed by atoms with Gasteiger partial charge in [-0.25, -0.2) is 0 Å². The van der Waals surface area contributed by atoms with E-state index in [-0.39, 0.29) is 11.9 Å². The van der Waals surface area contributed by atoms with E-state index in [0.717, 1.165) is 28.3 Å². The van der Waals surface area contributed by atoms with E-state index in [9.17, 15) is 9.59 Å². The van der Waals surface area contributed by atoms with E-state index in [1.807, 2.05) is 31.2 Å². The lowest BCUT2D eigenvalue weighted by atomic mass is 9.77. The zero-order valence-corrected chi connectivity index (χ0v) is 18.8. The number of allylic oxidation sites excluding steroid dienone is 2. The molecule has 2 aromatic carbocycles. The van der Waals surface area contributed by atoms with Crippen LogP contribution in [0.2, 0.25) is 0 Å².